The molecule has 1 aromatic heterocycles. The second-order valence-corrected chi connectivity index (χ2v) is 5.07. The number of carbonyl (C=O) groups is 1. The first-order chi connectivity index (χ1) is 11.0. The minimum Gasteiger partial charge on any atom is -0.508 e. The van der Waals surface area contributed by atoms with Gasteiger partial charge in [0.25, 0.3) is 5.56 Å². The van der Waals surface area contributed by atoms with E-state index in [4.69, 9.17) is 0 Å². The Morgan fingerprint density at radius 3 is 2.52 bits per heavy atom. The minimum absolute atomic E-state index is 0.0200. The van der Waals surface area contributed by atoms with Gasteiger partial charge in [0.1, 0.15) is 11.6 Å². The van der Waals surface area contributed by atoms with Crippen LogP contribution in [0.5, 0.6) is 5.75 Å². The van der Waals surface area contributed by atoms with Gasteiger partial charge in [0.05, 0.1) is 23.6 Å². The van der Waals surface area contributed by atoms with Crippen LogP contribution in [0.1, 0.15) is 10.4 Å². The molecule has 0 aliphatic rings. The maximum Gasteiger partial charge on any atom is 0.337 e. The normalized spacial score (nSPS) is 10.7. The van der Waals surface area contributed by atoms with Gasteiger partial charge < -0.3 is 9.84 Å². The van der Waals surface area contributed by atoms with E-state index in [1.807, 2.05) is 0 Å². The minimum atomic E-state index is -0.424. The highest BCUT2D eigenvalue weighted by Gasteiger charge is 2.12. The Bertz CT molecular complexity index is 959. The number of esters is 1. The second-order valence-electron chi connectivity index (χ2n) is 5.07. The molecule has 6 heteroatoms. The second kappa shape index (κ2) is 5.57. The van der Waals surface area contributed by atoms with Gasteiger partial charge in [-0.2, -0.15) is 0 Å². The van der Waals surface area contributed by atoms with Crippen molar-refractivity contribution in [2.24, 2.45) is 7.05 Å². The summed E-state index contributed by atoms with van der Waals surface area (Å²) in [7, 11) is 2.93. The first kappa shape index (κ1) is 14.8. The number of nitrogens with zero attached hydrogens (tertiary/aromatic N) is 2. The lowest BCUT2D eigenvalue weighted by Crippen LogP contribution is -2.20. The number of phenols is 1. The fraction of sp³-hybridized carbons (Fsp3) is 0.118. The van der Waals surface area contributed by atoms with Gasteiger partial charge in [-0.05, 0) is 30.3 Å². The molecule has 0 aliphatic carbocycles. The van der Waals surface area contributed by atoms with Crippen LogP contribution in [0.25, 0.3) is 22.3 Å². The number of fused-ring (bicyclic) bond motifs is 1. The van der Waals surface area contributed by atoms with Gasteiger partial charge in [0, 0.05) is 12.6 Å². The molecule has 23 heavy (non-hydrogen) atoms. The predicted octanol–water partition coefficient (Wildman–Crippen LogP) is 2.09. The highest BCUT2D eigenvalue weighted by Crippen LogP contribution is 2.21. The first-order valence-corrected chi connectivity index (χ1v) is 6.90. The van der Waals surface area contributed by atoms with E-state index < -0.39 is 5.97 Å². The molecule has 0 atom stereocenters. The molecule has 3 rings (SSSR count). The van der Waals surface area contributed by atoms with Crippen LogP contribution < -0.4 is 5.56 Å². The molecule has 0 saturated heterocycles. The summed E-state index contributed by atoms with van der Waals surface area (Å²) in [6, 6.07) is 11.1. The summed E-state index contributed by atoms with van der Waals surface area (Å²) >= 11 is 0. The fourth-order valence-electron chi connectivity index (χ4n) is 2.39. The van der Waals surface area contributed by atoms with Crippen LogP contribution >= 0.6 is 0 Å². The molecule has 1 heterocycles. The largest absolute Gasteiger partial charge is 0.508 e. The first-order valence-electron chi connectivity index (χ1n) is 6.90. The fourth-order valence-corrected chi connectivity index (χ4v) is 2.39. The van der Waals surface area contributed by atoms with Gasteiger partial charge in [0.15, 0.2) is 0 Å². The number of hydrogen-bond donors (Lipinski definition) is 1. The van der Waals surface area contributed by atoms with Gasteiger partial charge >= 0.3 is 5.97 Å². The van der Waals surface area contributed by atoms with Crippen molar-refractivity contribution < 1.29 is 14.6 Å². The average molecular weight is 310 g/mol. The van der Waals surface area contributed by atoms with E-state index in [1.165, 1.54) is 23.8 Å². The van der Waals surface area contributed by atoms with E-state index in [9.17, 15) is 14.7 Å². The van der Waals surface area contributed by atoms with Crippen molar-refractivity contribution in [1.82, 2.24) is 9.55 Å². The molecule has 0 amide bonds. The summed E-state index contributed by atoms with van der Waals surface area (Å²) in [5.74, 6) is 0.0728. The zero-order chi connectivity index (χ0) is 16.6. The van der Waals surface area contributed by atoms with Crippen molar-refractivity contribution in [2.45, 2.75) is 0 Å². The Kier molecular flexibility index (Phi) is 3.57. The quantitative estimate of drug-likeness (QED) is 0.733. The van der Waals surface area contributed by atoms with E-state index in [1.54, 1.807) is 37.4 Å². The Hall–Kier alpha value is -3.15. The topological polar surface area (TPSA) is 81.4 Å². The molecular weight excluding hydrogens is 296 g/mol. The van der Waals surface area contributed by atoms with E-state index in [0.29, 0.717) is 27.9 Å². The Balaban J connectivity index is 2.16. The SMILES string of the molecule is COC(=O)c1ccc(-c2nc3ccc(O)cc3c(=O)n2C)cc1. The number of methoxy groups -OCH3 is 1. The summed E-state index contributed by atoms with van der Waals surface area (Å²) in [5, 5.41) is 9.87. The van der Waals surface area contributed by atoms with Crippen molar-refractivity contribution in [1.29, 1.82) is 0 Å². The molecule has 1 N–H and O–H groups in total. The maximum atomic E-state index is 12.4. The van der Waals surface area contributed by atoms with E-state index in [-0.39, 0.29) is 11.3 Å². The van der Waals surface area contributed by atoms with Gasteiger partial charge in [-0.1, -0.05) is 12.1 Å². The van der Waals surface area contributed by atoms with Crippen molar-refractivity contribution in [3.05, 3.63) is 58.4 Å². The number of phenolic OH excluding ortho intramolecular Hbond substituents is 1. The van der Waals surface area contributed by atoms with Crippen LogP contribution in [0, 0.1) is 0 Å². The third-order valence-electron chi connectivity index (χ3n) is 3.62. The zero-order valence-corrected chi connectivity index (χ0v) is 12.6. The number of hydrogen-bond acceptors (Lipinski definition) is 5. The number of benzene rings is 2. The van der Waals surface area contributed by atoms with Gasteiger partial charge in [-0.25, -0.2) is 9.78 Å². The molecule has 6 nitrogen and oxygen atoms in total. The summed E-state index contributed by atoms with van der Waals surface area (Å²) in [6.45, 7) is 0. The third-order valence-corrected chi connectivity index (χ3v) is 3.62. The molecular formula is C17H14N2O4. The number of carbonyl (C=O) groups excluding carboxylic acids is 1. The highest BCUT2D eigenvalue weighted by atomic mass is 16.5. The lowest BCUT2D eigenvalue weighted by molar-refractivity contribution is 0.0601. The Morgan fingerprint density at radius 2 is 1.87 bits per heavy atom. The molecule has 0 radical (unpaired) electrons. The van der Waals surface area contributed by atoms with Crippen molar-refractivity contribution >= 4 is 16.9 Å². The average Bonchev–Trinajstić information content (AvgIpc) is 2.58. The predicted molar refractivity (Wildman–Crippen MR) is 85.4 cm³/mol. The smallest absolute Gasteiger partial charge is 0.337 e. The third kappa shape index (κ3) is 2.55. The van der Waals surface area contributed by atoms with Crippen LogP contribution in [0.3, 0.4) is 0 Å². The Labute approximate surface area is 131 Å². The van der Waals surface area contributed by atoms with Crippen LogP contribution in [0.15, 0.2) is 47.3 Å². The summed E-state index contributed by atoms with van der Waals surface area (Å²) < 4.78 is 6.07. The molecule has 0 unspecified atom stereocenters. The van der Waals surface area contributed by atoms with E-state index in [0.717, 1.165) is 0 Å². The number of aromatic nitrogens is 2. The molecule has 0 fully saturated rings. The standard InChI is InChI=1S/C17H14N2O4/c1-19-15(10-3-5-11(6-4-10)17(22)23-2)18-14-8-7-12(20)9-13(14)16(19)21/h3-9,20H,1-2H3. The number of rotatable bonds is 2. The van der Waals surface area contributed by atoms with Crippen LogP contribution in [0.2, 0.25) is 0 Å². The molecule has 0 bridgehead atoms. The monoisotopic (exact) mass is 310 g/mol. The van der Waals surface area contributed by atoms with Crippen molar-refractivity contribution in [3.63, 3.8) is 0 Å². The molecule has 0 aliphatic heterocycles. The maximum absolute atomic E-state index is 12.4. The summed E-state index contributed by atoms with van der Waals surface area (Å²) in [6.07, 6.45) is 0. The summed E-state index contributed by atoms with van der Waals surface area (Å²) in [4.78, 5) is 28.4. The lowest BCUT2D eigenvalue weighted by atomic mass is 10.1. The number of aromatic hydroxyl groups is 1. The van der Waals surface area contributed by atoms with Crippen molar-refractivity contribution in [3.8, 4) is 17.1 Å². The molecule has 3 aromatic rings. The summed E-state index contributed by atoms with van der Waals surface area (Å²) in [5.41, 5.74) is 1.37. The highest BCUT2D eigenvalue weighted by molar-refractivity contribution is 5.90. The van der Waals surface area contributed by atoms with E-state index >= 15 is 0 Å². The van der Waals surface area contributed by atoms with Gasteiger partial charge in [-0.15, -0.1) is 0 Å². The van der Waals surface area contributed by atoms with E-state index in [2.05, 4.69) is 9.72 Å². The van der Waals surface area contributed by atoms with Gasteiger partial charge in [-0.3, -0.25) is 9.36 Å². The lowest BCUT2D eigenvalue weighted by Gasteiger charge is -2.10. The molecule has 0 spiro atoms. The van der Waals surface area contributed by atoms with Crippen LogP contribution in [0.4, 0.5) is 0 Å². The molecule has 2 aromatic carbocycles. The zero-order valence-electron chi connectivity index (χ0n) is 12.6. The van der Waals surface area contributed by atoms with Crippen LogP contribution in [-0.4, -0.2) is 27.7 Å². The molecule has 0 saturated carbocycles. The number of ether oxygens (including phenoxy) is 1. The molecule has 116 valence electrons. The van der Waals surface area contributed by atoms with Crippen LogP contribution in [-0.2, 0) is 11.8 Å². The van der Waals surface area contributed by atoms with Crippen molar-refractivity contribution in [2.75, 3.05) is 7.11 Å². The Morgan fingerprint density at radius 1 is 1.17 bits per heavy atom. The van der Waals surface area contributed by atoms with Gasteiger partial charge in [0.2, 0.25) is 0 Å².